The minimum Gasteiger partial charge on any atom is -0.461 e. The summed E-state index contributed by atoms with van der Waals surface area (Å²) >= 11 is 6.26. The fourth-order valence-corrected chi connectivity index (χ4v) is 4.89. The summed E-state index contributed by atoms with van der Waals surface area (Å²) in [6.45, 7) is 4.15. The lowest BCUT2D eigenvalue weighted by molar-refractivity contribution is -0.140. The van der Waals surface area contributed by atoms with Crippen molar-refractivity contribution in [2.24, 2.45) is 5.92 Å². The molecule has 1 atom stereocenters. The van der Waals surface area contributed by atoms with E-state index in [2.05, 4.69) is 22.0 Å². The van der Waals surface area contributed by atoms with Crippen LogP contribution < -0.4 is 4.90 Å². The highest BCUT2D eigenvalue weighted by Gasteiger charge is 2.35. The summed E-state index contributed by atoms with van der Waals surface area (Å²) in [6, 6.07) is 9.39. The molecule has 0 spiro atoms. The molecule has 6 rings (SSSR count). The highest BCUT2D eigenvalue weighted by atomic mass is 35.5. The van der Waals surface area contributed by atoms with E-state index in [-0.39, 0.29) is 12.0 Å². The molecular formula is C23H23ClN6O2. The quantitative estimate of drug-likeness (QED) is 0.469. The number of halogens is 1. The van der Waals surface area contributed by atoms with Gasteiger partial charge in [-0.2, -0.15) is 0 Å². The van der Waals surface area contributed by atoms with Gasteiger partial charge in [0.15, 0.2) is 11.4 Å². The zero-order chi connectivity index (χ0) is 21.8. The van der Waals surface area contributed by atoms with E-state index in [9.17, 15) is 4.79 Å². The van der Waals surface area contributed by atoms with Gasteiger partial charge in [0.2, 0.25) is 17.7 Å². The third kappa shape index (κ3) is 3.04. The van der Waals surface area contributed by atoms with Crippen LogP contribution >= 0.6 is 11.6 Å². The van der Waals surface area contributed by atoms with Crippen molar-refractivity contribution in [1.29, 1.82) is 0 Å². The zero-order valence-corrected chi connectivity index (χ0v) is 18.5. The molecule has 3 aromatic heterocycles. The molecule has 9 heteroatoms. The molecule has 0 radical (unpaired) electrons. The van der Waals surface area contributed by atoms with Crippen LogP contribution in [-0.4, -0.2) is 56.1 Å². The van der Waals surface area contributed by atoms with Gasteiger partial charge in [-0.25, -0.2) is 9.38 Å². The van der Waals surface area contributed by atoms with Crippen LogP contribution in [0.3, 0.4) is 0 Å². The van der Waals surface area contributed by atoms with Gasteiger partial charge in [-0.05, 0) is 50.1 Å². The number of rotatable bonds is 3. The smallest absolute Gasteiger partial charge is 0.226 e. The van der Waals surface area contributed by atoms with Gasteiger partial charge in [0.05, 0.1) is 11.8 Å². The van der Waals surface area contributed by atoms with E-state index in [1.807, 2.05) is 39.6 Å². The summed E-state index contributed by atoms with van der Waals surface area (Å²) < 4.78 is 7.58. The van der Waals surface area contributed by atoms with Crippen molar-refractivity contribution in [3.8, 4) is 11.6 Å². The average Bonchev–Trinajstić information content (AvgIpc) is 3.41. The van der Waals surface area contributed by atoms with Gasteiger partial charge in [0.25, 0.3) is 0 Å². The Morgan fingerprint density at radius 3 is 2.78 bits per heavy atom. The van der Waals surface area contributed by atoms with Crippen LogP contribution in [0.15, 0.2) is 41.0 Å². The number of carbonyl (C=O) groups is 1. The maximum atomic E-state index is 12.9. The molecule has 1 saturated carbocycles. The second-order valence-corrected chi connectivity index (χ2v) is 9.12. The van der Waals surface area contributed by atoms with Crippen LogP contribution in [0.4, 0.5) is 5.95 Å². The van der Waals surface area contributed by atoms with Crippen LogP contribution in [0.2, 0.25) is 5.02 Å². The number of amides is 1. The highest BCUT2D eigenvalue weighted by molar-refractivity contribution is 6.31. The number of piperazine rings is 1. The number of aromatic nitrogens is 4. The molecule has 1 saturated heterocycles. The lowest BCUT2D eigenvalue weighted by Crippen LogP contribution is -2.56. The highest BCUT2D eigenvalue weighted by Crippen LogP contribution is 2.32. The van der Waals surface area contributed by atoms with Crippen LogP contribution in [0.1, 0.15) is 26.2 Å². The van der Waals surface area contributed by atoms with Crippen LogP contribution in [0.5, 0.6) is 0 Å². The molecule has 0 N–H and O–H groups in total. The molecule has 1 aromatic carbocycles. The Morgan fingerprint density at radius 1 is 1.19 bits per heavy atom. The monoisotopic (exact) mass is 450 g/mol. The molecule has 0 bridgehead atoms. The number of fused-ring (bicyclic) bond motifs is 3. The predicted molar refractivity (Wildman–Crippen MR) is 122 cm³/mol. The molecule has 1 aliphatic heterocycles. The number of carbonyl (C=O) groups excluding carboxylic acids is 1. The largest absolute Gasteiger partial charge is 0.461 e. The number of hydrogen-bond acceptors (Lipinski definition) is 6. The Hall–Kier alpha value is -3.13. The Bertz CT molecular complexity index is 1310. The summed E-state index contributed by atoms with van der Waals surface area (Å²) in [5.41, 5.74) is 1.47. The first kappa shape index (κ1) is 19.5. The van der Waals surface area contributed by atoms with Crippen molar-refractivity contribution in [2.45, 2.75) is 32.2 Å². The fourth-order valence-electron chi connectivity index (χ4n) is 4.73. The normalized spacial score (nSPS) is 19.6. The zero-order valence-electron chi connectivity index (χ0n) is 17.7. The lowest BCUT2D eigenvalue weighted by Gasteiger charge is -2.43. The number of hydrogen-bond donors (Lipinski definition) is 0. The minimum atomic E-state index is 0.0901. The van der Waals surface area contributed by atoms with E-state index in [0.29, 0.717) is 47.8 Å². The van der Waals surface area contributed by atoms with Crippen molar-refractivity contribution in [3.63, 3.8) is 0 Å². The second-order valence-electron chi connectivity index (χ2n) is 8.69. The molecule has 0 unspecified atom stereocenters. The van der Waals surface area contributed by atoms with Gasteiger partial charge in [-0.15, -0.1) is 10.2 Å². The Kier molecular flexibility index (Phi) is 4.57. The second kappa shape index (κ2) is 7.48. The van der Waals surface area contributed by atoms with E-state index in [1.165, 1.54) is 0 Å². The molecule has 1 aliphatic carbocycles. The van der Waals surface area contributed by atoms with Gasteiger partial charge in [0, 0.05) is 42.0 Å². The first-order valence-corrected chi connectivity index (χ1v) is 11.4. The Morgan fingerprint density at radius 2 is 2.06 bits per heavy atom. The predicted octanol–water partition coefficient (Wildman–Crippen LogP) is 4.03. The number of nitrogens with zero attached hydrogens (tertiary/aromatic N) is 6. The molecule has 4 heterocycles. The molecule has 8 nitrogen and oxygen atoms in total. The number of benzene rings is 1. The fraction of sp³-hybridized carbons (Fsp3) is 0.391. The third-order valence-electron chi connectivity index (χ3n) is 6.67. The molecule has 2 aliphatic rings. The van der Waals surface area contributed by atoms with Gasteiger partial charge in [-0.1, -0.05) is 18.0 Å². The van der Waals surface area contributed by atoms with Gasteiger partial charge < -0.3 is 14.2 Å². The SMILES string of the molecule is C[C@H]1CN(c2nc3cc(Cl)ccc3c3nnc(-c4ccco4)n23)CCN1C(=O)C1CCC1. The summed E-state index contributed by atoms with van der Waals surface area (Å²) in [6.07, 6.45) is 4.83. The van der Waals surface area contributed by atoms with Crippen molar-refractivity contribution >= 4 is 40.0 Å². The van der Waals surface area contributed by atoms with E-state index >= 15 is 0 Å². The standard InChI is InChI=1S/C23H23ClN6O2/c1-14-13-28(9-10-29(14)22(31)15-4-2-5-15)23-25-18-12-16(24)7-8-17(18)20-26-27-21(30(20)23)19-6-3-11-32-19/h3,6-8,11-12,14-15H,2,4-5,9-10,13H2,1H3/t14-/m0/s1. The summed E-state index contributed by atoms with van der Waals surface area (Å²) in [5, 5.41) is 10.4. The van der Waals surface area contributed by atoms with Crippen molar-refractivity contribution in [2.75, 3.05) is 24.5 Å². The average molecular weight is 451 g/mol. The van der Waals surface area contributed by atoms with E-state index in [1.54, 1.807) is 6.26 Å². The van der Waals surface area contributed by atoms with Crippen LogP contribution in [0.25, 0.3) is 28.1 Å². The molecule has 164 valence electrons. The van der Waals surface area contributed by atoms with Gasteiger partial charge >= 0.3 is 0 Å². The molecule has 1 amide bonds. The first-order chi connectivity index (χ1) is 15.6. The molecule has 32 heavy (non-hydrogen) atoms. The molecule has 4 aromatic rings. The third-order valence-corrected chi connectivity index (χ3v) is 6.91. The maximum absolute atomic E-state index is 12.9. The van der Waals surface area contributed by atoms with Gasteiger partial charge in [0.1, 0.15) is 0 Å². The van der Waals surface area contributed by atoms with Crippen LogP contribution in [0, 0.1) is 5.92 Å². The van der Waals surface area contributed by atoms with E-state index in [4.69, 9.17) is 21.0 Å². The maximum Gasteiger partial charge on any atom is 0.226 e. The van der Waals surface area contributed by atoms with E-state index in [0.717, 1.165) is 36.1 Å². The molecule has 2 fully saturated rings. The number of furan rings is 1. The first-order valence-electron chi connectivity index (χ1n) is 11.0. The van der Waals surface area contributed by atoms with Gasteiger partial charge in [-0.3, -0.25) is 4.79 Å². The minimum absolute atomic E-state index is 0.0901. The van der Waals surface area contributed by atoms with Crippen molar-refractivity contribution in [1.82, 2.24) is 24.5 Å². The summed E-state index contributed by atoms with van der Waals surface area (Å²) in [5.74, 6) is 2.46. The Balaban J connectivity index is 1.44. The van der Waals surface area contributed by atoms with Crippen molar-refractivity contribution < 1.29 is 9.21 Å². The topological polar surface area (TPSA) is 79.8 Å². The number of anilines is 1. The summed E-state index contributed by atoms with van der Waals surface area (Å²) in [7, 11) is 0. The van der Waals surface area contributed by atoms with Crippen LogP contribution in [-0.2, 0) is 4.79 Å². The Labute approximate surface area is 189 Å². The molecular weight excluding hydrogens is 428 g/mol. The summed E-state index contributed by atoms with van der Waals surface area (Å²) in [4.78, 5) is 22.1. The van der Waals surface area contributed by atoms with E-state index < -0.39 is 0 Å². The van der Waals surface area contributed by atoms with Crippen molar-refractivity contribution in [3.05, 3.63) is 41.6 Å². The lowest BCUT2D eigenvalue weighted by atomic mass is 9.84.